The van der Waals surface area contributed by atoms with E-state index in [-0.39, 0.29) is 11.4 Å². The zero-order valence-electron chi connectivity index (χ0n) is 13.2. The zero-order valence-corrected chi connectivity index (χ0v) is 14.7. The highest BCUT2D eigenvalue weighted by Gasteiger charge is 2.31. The highest BCUT2D eigenvalue weighted by Crippen LogP contribution is 2.26. The van der Waals surface area contributed by atoms with Crippen LogP contribution in [0.3, 0.4) is 0 Å². The Morgan fingerprint density at radius 1 is 0.731 bits per heavy atom. The lowest BCUT2D eigenvalue weighted by molar-refractivity contribution is 0.312. The first-order valence-corrected chi connectivity index (χ1v) is 8.05. The van der Waals surface area contributed by atoms with Gasteiger partial charge in [-0.3, -0.25) is 0 Å². The molecule has 2 rings (SSSR count). The molecule has 2 aromatic rings. The summed E-state index contributed by atoms with van der Waals surface area (Å²) in [7, 11) is 0. The number of benzene rings is 2. The van der Waals surface area contributed by atoms with Gasteiger partial charge in [0.05, 0.1) is 12.1 Å². The molecule has 6 nitrogen and oxygen atoms in total. The largest absolute Gasteiger partial charge is 0.411 e. The molecule has 0 fully saturated rings. The molecule has 130 valence electrons. The highest BCUT2D eigenvalue weighted by molar-refractivity contribution is 6.47. The molecule has 0 saturated heterocycles. The van der Waals surface area contributed by atoms with Crippen molar-refractivity contribution in [1.29, 1.82) is 10.5 Å². The van der Waals surface area contributed by atoms with Gasteiger partial charge in [-0.15, -0.1) is 0 Å². The number of nitrogens with zero attached hydrogens (tertiary/aromatic N) is 4. The smallest absolute Gasteiger partial charge is 0.128 e. The van der Waals surface area contributed by atoms with E-state index in [2.05, 4.69) is 10.3 Å². The second kappa shape index (κ2) is 8.87. The minimum atomic E-state index is -1.06. The summed E-state index contributed by atoms with van der Waals surface area (Å²) in [6, 6.07) is 16.6. The maximum atomic E-state index is 9.54. The van der Waals surface area contributed by atoms with Gasteiger partial charge >= 0.3 is 0 Å². The zero-order chi connectivity index (χ0) is 19.1. The molecule has 0 saturated carbocycles. The van der Waals surface area contributed by atoms with Gasteiger partial charge in [-0.2, -0.15) is 10.5 Å². The van der Waals surface area contributed by atoms with Crippen molar-refractivity contribution >= 4 is 34.6 Å². The second-order valence-electron chi connectivity index (χ2n) is 5.20. The summed E-state index contributed by atoms with van der Waals surface area (Å²) in [4.78, 5) is 0. The average Bonchev–Trinajstić information content (AvgIpc) is 2.66. The van der Waals surface area contributed by atoms with Crippen LogP contribution >= 0.6 is 23.2 Å². The normalized spacial score (nSPS) is 14.2. The van der Waals surface area contributed by atoms with Crippen LogP contribution in [0.25, 0.3) is 0 Å². The first kappa shape index (κ1) is 19.3. The molecule has 0 amide bonds. The molecule has 8 heteroatoms. The van der Waals surface area contributed by atoms with Crippen LogP contribution in [0, 0.1) is 22.7 Å². The minimum Gasteiger partial charge on any atom is -0.411 e. The van der Waals surface area contributed by atoms with E-state index in [0.717, 1.165) is 0 Å². The molecule has 0 aliphatic carbocycles. The van der Waals surface area contributed by atoms with E-state index >= 15 is 0 Å². The molecule has 0 unspecified atom stereocenters. The maximum Gasteiger partial charge on any atom is 0.128 e. The van der Waals surface area contributed by atoms with Gasteiger partial charge in [-0.25, -0.2) is 0 Å². The van der Waals surface area contributed by atoms with E-state index in [1.807, 2.05) is 12.1 Å². The van der Waals surface area contributed by atoms with E-state index in [1.54, 1.807) is 48.5 Å². The molecular weight excluding hydrogens is 375 g/mol. The van der Waals surface area contributed by atoms with Crippen molar-refractivity contribution < 1.29 is 10.4 Å². The van der Waals surface area contributed by atoms with E-state index < -0.39 is 11.8 Å². The van der Waals surface area contributed by atoms with Gasteiger partial charge < -0.3 is 10.4 Å². The van der Waals surface area contributed by atoms with Crippen molar-refractivity contribution in [2.75, 3.05) is 0 Å². The highest BCUT2D eigenvalue weighted by atomic mass is 35.5. The molecule has 0 aliphatic heterocycles. The van der Waals surface area contributed by atoms with Crippen LogP contribution in [0.2, 0.25) is 10.0 Å². The SMILES string of the molecule is N#C[C@H](C(=N\O)/C(=N/O)[C@H](C#N)c1ccc(Cl)cc1)c1ccc(Cl)cc1. The Hall–Kier alpha value is -3.06. The van der Waals surface area contributed by atoms with Crippen molar-refractivity contribution in [1.82, 2.24) is 0 Å². The summed E-state index contributed by atoms with van der Waals surface area (Å²) in [5.41, 5.74) is 0.468. The fourth-order valence-electron chi connectivity index (χ4n) is 2.41. The fraction of sp³-hybridized carbons (Fsp3) is 0.111. The second-order valence-corrected chi connectivity index (χ2v) is 6.07. The molecule has 2 N–H and O–H groups in total. The van der Waals surface area contributed by atoms with Gasteiger partial charge in [-0.1, -0.05) is 57.8 Å². The minimum absolute atomic E-state index is 0.237. The number of hydrogen-bond donors (Lipinski definition) is 2. The molecule has 26 heavy (non-hydrogen) atoms. The lowest BCUT2D eigenvalue weighted by atomic mass is 9.85. The molecule has 2 atom stereocenters. The van der Waals surface area contributed by atoms with Crippen LogP contribution in [0.4, 0.5) is 0 Å². The van der Waals surface area contributed by atoms with E-state index in [4.69, 9.17) is 23.2 Å². The van der Waals surface area contributed by atoms with Gasteiger partial charge in [0, 0.05) is 10.0 Å². The number of halogens is 2. The Labute approximate surface area is 159 Å². The summed E-state index contributed by atoms with van der Waals surface area (Å²) in [6.07, 6.45) is 0. The van der Waals surface area contributed by atoms with Gasteiger partial charge in [0.2, 0.25) is 0 Å². The van der Waals surface area contributed by atoms with Crippen molar-refractivity contribution in [3.05, 3.63) is 69.7 Å². The number of hydrogen-bond acceptors (Lipinski definition) is 6. The van der Waals surface area contributed by atoms with Crippen LogP contribution in [-0.4, -0.2) is 21.8 Å². The Balaban J connectivity index is 2.48. The Bertz CT molecular complexity index is 833. The van der Waals surface area contributed by atoms with Crippen LogP contribution < -0.4 is 0 Å². The van der Waals surface area contributed by atoms with E-state index in [0.29, 0.717) is 21.2 Å². The standard InChI is InChI=1S/C18H12Cl2N4O2/c19-13-5-1-11(2-6-13)15(9-21)17(23-25)18(24-26)16(10-22)12-3-7-14(20)8-4-12/h1-8,15-16,25-26H/b23-17+,24-18+/t15-,16+. The van der Waals surface area contributed by atoms with Gasteiger partial charge in [-0.05, 0) is 35.4 Å². The summed E-state index contributed by atoms with van der Waals surface area (Å²) in [5, 5.41) is 45.2. The average molecular weight is 387 g/mol. The lowest BCUT2D eigenvalue weighted by Crippen LogP contribution is -2.27. The molecule has 0 bridgehead atoms. The van der Waals surface area contributed by atoms with Crippen molar-refractivity contribution in [3.8, 4) is 12.1 Å². The monoisotopic (exact) mass is 386 g/mol. The third kappa shape index (κ3) is 4.12. The summed E-state index contributed by atoms with van der Waals surface area (Å²) in [5.74, 6) is -2.13. The van der Waals surface area contributed by atoms with Crippen LogP contribution in [0.1, 0.15) is 23.0 Å². The van der Waals surface area contributed by atoms with Gasteiger partial charge in [0.15, 0.2) is 0 Å². The van der Waals surface area contributed by atoms with Crippen molar-refractivity contribution in [2.45, 2.75) is 11.8 Å². The predicted octanol–water partition coefficient (Wildman–Crippen LogP) is 4.57. The van der Waals surface area contributed by atoms with Gasteiger partial charge in [0.1, 0.15) is 23.3 Å². The molecule has 0 aliphatic rings. The third-order valence-corrected chi connectivity index (χ3v) is 4.19. The molecule has 0 heterocycles. The first-order chi connectivity index (χ1) is 12.5. The predicted molar refractivity (Wildman–Crippen MR) is 98.1 cm³/mol. The summed E-state index contributed by atoms with van der Waals surface area (Å²) < 4.78 is 0. The number of oxime groups is 2. The maximum absolute atomic E-state index is 9.54. The molecule has 0 radical (unpaired) electrons. The molecular formula is C18H12Cl2N4O2. The van der Waals surface area contributed by atoms with Crippen molar-refractivity contribution in [3.63, 3.8) is 0 Å². The van der Waals surface area contributed by atoms with Crippen LogP contribution in [0.15, 0.2) is 58.8 Å². The Morgan fingerprint density at radius 2 is 1.04 bits per heavy atom. The van der Waals surface area contributed by atoms with E-state index in [9.17, 15) is 20.9 Å². The fourth-order valence-corrected chi connectivity index (χ4v) is 2.66. The summed E-state index contributed by atoms with van der Waals surface area (Å²) in [6.45, 7) is 0. The van der Waals surface area contributed by atoms with Crippen LogP contribution in [-0.2, 0) is 0 Å². The number of nitriles is 2. The van der Waals surface area contributed by atoms with Crippen LogP contribution in [0.5, 0.6) is 0 Å². The summed E-state index contributed by atoms with van der Waals surface area (Å²) >= 11 is 11.7. The molecule has 0 aromatic heterocycles. The first-order valence-electron chi connectivity index (χ1n) is 7.30. The number of rotatable bonds is 5. The third-order valence-electron chi connectivity index (χ3n) is 3.69. The van der Waals surface area contributed by atoms with Gasteiger partial charge in [0.25, 0.3) is 0 Å². The molecule has 0 spiro atoms. The topological polar surface area (TPSA) is 113 Å². The lowest BCUT2D eigenvalue weighted by Gasteiger charge is -2.16. The Kier molecular flexibility index (Phi) is 6.57. The van der Waals surface area contributed by atoms with Crippen molar-refractivity contribution in [2.24, 2.45) is 10.3 Å². The quantitative estimate of drug-likeness (QED) is 0.445. The molecule has 2 aromatic carbocycles. The van der Waals surface area contributed by atoms with E-state index in [1.165, 1.54) is 0 Å². The Morgan fingerprint density at radius 3 is 1.27 bits per heavy atom.